The summed E-state index contributed by atoms with van der Waals surface area (Å²) in [5, 5.41) is 9.26. The van der Waals surface area contributed by atoms with Crippen LogP contribution >= 0.6 is 0 Å². The van der Waals surface area contributed by atoms with Gasteiger partial charge in [-0.25, -0.2) is 13.1 Å². The van der Waals surface area contributed by atoms with Crippen molar-refractivity contribution in [1.29, 1.82) is 0 Å². The van der Waals surface area contributed by atoms with Gasteiger partial charge in [0.15, 0.2) is 0 Å². The molecule has 1 unspecified atom stereocenters. The van der Waals surface area contributed by atoms with E-state index in [9.17, 15) is 13.5 Å². The van der Waals surface area contributed by atoms with Gasteiger partial charge in [-0.15, -0.1) is 0 Å². The minimum absolute atomic E-state index is 0.0866. The molecule has 0 aromatic heterocycles. The Morgan fingerprint density at radius 1 is 1.04 bits per heavy atom. The van der Waals surface area contributed by atoms with Crippen LogP contribution in [0.2, 0.25) is 0 Å². The molecular formula is C19H25NO3S. The quantitative estimate of drug-likeness (QED) is 0.771. The number of rotatable bonds is 8. The average Bonchev–Trinajstić information content (AvgIpc) is 2.57. The molecule has 0 aliphatic carbocycles. The Morgan fingerprint density at radius 3 is 2.42 bits per heavy atom. The Balaban J connectivity index is 2.04. The third kappa shape index (κ3) is 4.90. The van der Waals surface area contributed by atoms with Gasteiger partial charge in [0, 0.05) is 13.2 Å². The van der Waals surface area contributed by atoms with E-state index >= 15 is 0 Å². The summed E-state index contributed by atoms with van der Waals surface area (Å²) in [5.41, 5.74) is 2.78. The van der Waals surface area contributed by atoms with Gasteiger partial charge >= 0.3 is 0 Å². The summed E-state index contributed by atoms with van der Waals surface area (Å²) in [5.74, 6) is 0.137. The summed E-state index contributed by atoms with van der Waals surface area (Å²) in [7, 11) is -3.52. The number of hydrogen-bond donors (Lipinski definition) is 2. The van der Waals surface area contributed by atoms with Crippen LogP contribution in [-0.2, 0) is 10.0 Å². The number of benzene rings is 2. The van der Waals surface area contributed by atoms with Gasteiger partial charge in [0.25, 0.3) is 0 Å². The highest BCUT2D eigenvalue weighted by Gasteiger charge is 2.18. The molecule has 0 fully saturated rings. The predicted molar refractivity (Wildman–Crippen MR) is 96.6 cm³/mol. The third-order valence-corrected chi connectivity index (χ3v) is 5.77. The van der Waals surface area contributed by atoms with Gasteiger partial charge < -0.3 is 5.11 Å². The zero-order valence-corrected chi connectivity index (χ0v) is 15.0. The lowest BCUT2D eigenvalue weighted by Gasteiger charge is -2.17. The highest BCUT2D eigenvalue weighted by atomic mass is 32.2. The van der Waals surface area contributed by atoms with E-state index in [0.717, 1.165) is 16.7 Å². The predicted octanol–water partition coefficient (Wildman–Crippen LogP) is 3.14. The first-order valence-electron chi connectivity index (χ1n) is 8.17. The smallest absolute Gasteiger partial charge is 0.240 e. The summed E-state index contributed by atoms with van der Waals surface area (Å²) in [6.45, 7) is 4.11. The lowest BCUT2D eigenvalue weighted by atomic mass is 9.93. The summed E-state index contributed by atoms with van der Waals surface area (Å²) < 4.78 is 27.7. The second kappa shape index (κ2) is 8.42. The zero-order chi connectivity index (χ0) is 17.6. The first-order valence-corrected chi connectivity index (χ1v) is 9.65. The van der Waals surface area contributed by atoms with Gasteiger partial charge in [0.2, 0.25) is 10.0 Å². The minimum atomic E-state index is -3.52. The standard InChI is InChI=1S/C19H25NO3S/c1-15-8-9-16(2)19(14-15)24(22,23)20-12-10-18(11-13-21)17-6-4-3-5-7-17/h3-9,14,18,20-21H,10-13H2,1-2H3. The number of aliphatic hydroxyl groups excluding tert-OH is 1. The largest absolute Gasteiger partial charge is 0.396 e. The second-order valence-corrected chi connectivity index (χ2v) is 7.81. The Hall–Kier alpha value is -1.69. The number of aliphatic hydroxyl groups is 1. The van der Waals surface area contributed by atoms with Crippen LogP contribution < -0.4 is 4.72 Å². The summed E-state index contributed by atoms with van der Waals surface area (Å²) in [4.78, 5) is 0.334. The molecule has 0 radical (unpaired) electrons. The monoisotopic (exact) mass is 347 g/mol. The molecule has 130 valence electrons. The third-order valence-electron chi connectivity index (χ3n) is 4.17. The van der Waals surface area contributed by atoms with Crippen LogP contribution in [0, 0.1) is 13.8 Å². The summed E-state index contributed by atoms with van der Waals surface area (Å²) >= 11 is 0. The van der Waals surface area contributed by atoms with Gasteiger partial charge in [0.1, 0.15) is 0 Å². The molecule has 2 aromatic carbocycles. The van der Waals surface area contributed by atoms with Crippen LogP contribution in [0.25, 0.3) is 0 Å². The van der Waals surface area contributed by atoms with Crippen molar-refractivity contribution in [3.05, 3.63) is 65.2 Å². The van der Waals surface area contributed by atoms with E-state index in [2.05, 4.69) is 4.72 Å². The molecule has 5 heteroatoms. The second-order valence-electron chi connectivity index (χ2n) is 6.08. The number of hydrogen-bond acceptors (Lipinski definition) is 3. The molecule has 2 rings (SSSR count). The number of aryl methyl sites for hydroxylation is 2. The van der Waals surface area contributed by atoms with Crippen molar-refractivity contribution in [2.45, 2.75) is 37.5 Å². The Labute approximate surface area is 144 Å². The molecule has 0 spiro atoms. The van der Waals surface area contributed by atoms with Crippen LogP contribution in [0.5, 0.6) is 0 Å². The maximum absolute atomic E-state index is 12.5. The molecule has 2 N–H and O–H groups in total. The fourth-order valence-corrected chi connectivity index (χ4v) is 4.18. The van der Waals surface area contributed by atoms with E-state index in [1.807, 2.05) is 49.4 Å². The molecule has 4 nitrogen and oxygen atoms in total. The van der Waals surface area contributed by atoms with Crippen molar-refractivity contribution in [3.8, 4) is 0 Å². The molecule has 0 aliphatic rings. The average molecular weight is 347 g/mol. The first kappa shape index (κ1) is 18.6. The van der Waals surface area contributed by atoms with E-state index < -0.39 is 10.0 Å². The molecule has 0 saturated carbocycles. The van der Waals surface area contributed by atoms with Gasteiger partial charge in [-0.05, 0) is 55.4 Å². The van der Waals surface area contributed by atoms with E-state index in [-0.39, 0.29) is 12.5 Å². The van der Waals surface area contributed by atoms with Gasteiger partial charge in [-0.1, -0.05) is 42.5 Å². The van der Waals surface area contributed by atoms with E-state index in [0.29, 0.717) is 24.3 Å². The number of sulfonamides is 1. The molecule has 0 bridgehead atoms. The maximum atomic E-state index is 12.5. The van der Waals surface area contributed by atoms with Crippen LogP contribution in [0.1, 0.15) is 35.4 Å². The van der Waals surface area contributed by atoms with Gasteiger partial charge in [0.05, 0.1) is 4.90 Å². The molecule has 0 saturated heterocycles. The van der Waals surface area contributed by atoms with Crippen LogP contribution in [-0.4, -0.2) is 26.7 Å². The Kier molecular flexibility index (Phi) is 6.54. The lowest BCUT2D eigenvalue weighted by molar-refractivity contribution is 0.273. The SMILES string of the molecule is Cc1ccc(C)c(S(=O)(=O)NCCC(CCO)c2ccccc2)c1. The van der Waals surface area contributed by atoms with Crippen LogP contribution in [0.4, 0.5) is 0 Å². The molecule has 0 aliphatic heterocycles. The highest BCUT2D eigenvalue weighted by Crippen LogP contribution is 2.23. The van der Waals surface area contributed by atoms with Crippen molar-refractivity contribution in [1.82, 2.24) is 4.72 Å². The van der Waals surface area contributed by atoms with Crippen molar-refractivity contribution in [3.63, 3.8) is 0 Å². The van der Waals surface area contributed by atoms with Crippen LogP contribution in [0.15, 0.2) is 53.4 Å². The van der Waals surface area contributed by atoms with Gasteiger partial charge in [-0.3, -0.25) is 0 Å². The fraction of sp³-hybridized carbons (Fsp3) is 0.368. The number of nitrogens with one attached hydrogen (secondary N) is 1. The molecule has 0 amide bonds. The molecular weight excluding hydrogens is 322 g/mol. The minimum Gasteiger partial charge on any atom is -0.396 e. The van der Waals surface area contributed by atoms with Gasteiger partial charge in [-0.2, -0.15) is 0 Å². The topological polar surface area (TPSA) is 66.4 Å². The van der Waals surface area contributed by atoms with E-state index in [1.54, 1.807) is 13.0 Å². The normalized spacial score (nSPS) is 13.0. The van der Waals surface area contributed by atoms with Crippen molar-refractivity contribution in [2.75, 3.05) is 13.2 Å². The van der Waals surface area contributed by atoms with Crippen molar-refractivity contribution < 1.29 is 13.5 Å². The first-order chi connectivity index (χ1) is 11.4. The fourth-order valence-electron chi connectivity index (χ4n) is 2.80. The molecule has 1 atom stereocenters. The Morgan fingerprint density at radius 2 is 1.75 bits per heavy atom. The van der Waals surface area contributed by atoms with Crippen molar-refractivity contribution >= 4 is 10.0 Å². The summed E-state index contributed by atoms with van der Waals surface area (Å²) in [6.07, 6.45) is 1.27. The maximum Gasteiger partial charge on any atom is 0.240 e. The lowest BCUT2D eigenvalue weighted by Crippen LogP contribution is -2.26. The molecule has 2 aromatic rings. The van der Waals surface area contributed by atoms with E-state index in [4.69, 9.17) is 0 Å². The summed E-state index contributed by atoms with van der Waals surface area (Å²) in [6, 6.07) is 15.3. The van der Waals surface area contributed by atoms with Crippen LogP contribution in [0.3, 0.4) is 0 Å². The van der Waals surface area contributed by atoms with Crippen molar-refractivity contribution in [2.24, 2.45) is 0 Å². The molecule has 0 heterocycles. The highest BCUT2D eigenvalue weighted by molar-refractivity contribution is 7.89. The van der Waals surface area contributed by atoms with E-state index in [1.165, 1.54) is 0 Å². The Bertz CT molecular complexity index is 757. The zero-order valence-electron chi connectivity index (χ0n) is 14.2. The molecule has 24 heavy (non-hydrogen) atoms.